The van der Waals surface area contributed by atoms with E-state index in [2.05, 4.69) is 15.9 Å². The number of hydrogen-bond acceptors (Lipinski definition) is 5. The predicted molar refractivity (Wildman–Crippen MR) is 105 cm³/mol. The molecule has 2 atom stereocenters. The third-order valence-corrected chi connectivity index (χ3v) is 5.07. The molecule has 0 aliphatic carbocycles. The van der Waals surface area contributed by atoms with Gasteiger partial charge in [0.2, 0.25) is 5.91 Å². The lowest BCUT2D eigenvalue weighted by atomic mass is 9.88. The van der Waals surface area contributed by atoms with Gasteiger partial charge in [-0.05, 0) is 31.0 Å². The first-order valence-corrected chi connectivity index (χ1v) is 9.99. The Bertz CT molecular complexity index is 728. The highest BCUT2D eigenvalue weighted by atomic mass is 79.9. The van der Waals surface area contributed by atoms with Crippen molar-refractivity contribution in [2.45, 2.75) is 32.9 Å². The van der Waals surface area contributed by atoms with Crippen LogP contribution in [0.2, 0.25) is 0 Å². The van der Waals surface area contributed by atoms with E-state index in [9.17, 15) is 14.4 Å². The van der Waals surface area contributed by atoms with Gasteiger partial charge in [0.25, 0.3) is 0 Å². The molecule has 0 radical (unpaired) electrons. The van der Waals surface area contributed by atoms with E-state index < -0.39 is 17.9 Å². The number of ketones is 1. The monoisotopic (exact) mass is 437 g/mol. The Morgan fingerprint density at radius 3 is 2.37 bits per heavy atom. The van der Waals surface area contributed by atoms with Crippen molar-refractivity contribution in [2.24, 2.45) is 5.92 Å². The summed E-state index contributed by atoms with van der Waals surface area (Å²) >= 11 is 3.12. The number of esters is 1. The first-order valence-electron chi connectivity index (χ1n) is 8.87. The Morgan fingerprint density at radius 2 is 1.85 bits per heavy atom. The first kappa shape index (κ1) is 21.2. The summed E-state index contributed by atoms with van der Waals surface area (Å²) < 4.78 is 10.3. The largest absolute Gasteiger partial charge is 0.497 e. The quantitative estimate of drug-likeness (QED) is 0.355. The topological polar surface area (TPSA) is 72.9 Å². The number of hydrogen-bond donors (Lipinski definition) is 0. The van der Waals surface area contributed by atoms with Gasteiger partial charge in [0.15, 0.2) is 5.78 Å². The summed E-state index contributed by atoms with van der Waals surface area (Å²) in [5.74, 6) is -1.32. The maximum absolute atomic E-state index is 13.0. The van der Waals surface area contributed by atoms with Crippen molar-refractivity contribution in [3.05, 3.63) is 41.5 Å². The fraction of sp³-hybridized carbons (Fsp3) is 0.450. The summed E-state index contributed by atoms with van der Waals surface area (Å²) in [6, 6.07) is 6.92. The lowest BCUT2D eigenvalue weighted by Crippen LogP contribution is -2.50. The smallest absolute Gasteiger partial charge is 0.335 e. The summed E-state index contributed by atoms with van der Waals surface area (Å²) in [5.41, 5.74) is 1.25. The second-order valence-corrected chi connectivity index (χ2v) is 6.72. The maximum atomic E-state index is 13.0. The number of carbonyl (C=O) groups excluding carboxylic acids is 3. The van der Waals surface area contributed by atoms with Gasteiger partial charge >= 0.3 is 5.97 Å². The Hall–Kier alpha value is -2.15. The molecule has 146 valence electrons. The third-order valence-electron chi connectivity index (χ3n) is 4.52. The van der Waals surface area contributed by atoms with Crippen LogP contribution in [0.15, 0.2) is 35.9 Å². The lowest BCUT2D eigenvalue weighted by Gasteiger charge is -2.37. The molecule has 2 rings (SSSR count). The molecule has 1 aliphatic rings. The van der Waals surface area contributed by atoms with Gasteiger partial charge in [0.1, 0.15) is 11.7 Å². The van der Waals surface area contributed by atoms with Crippen molar-refractivity contribution in [1.29, 1.82) is 0 Å². The molecule has 0 saturated heterocycles. The number of ether oxygens (including phenoxy) is 2. The maximum Gasteiger partial charge on any atom is 0.335 e. The van der Waals surface area contributed by atoms with Gasteiger partial charge in [0, 0.05) is 6.54 Å². The van der Waals surface area contributed by atoms with E-state index in [0.717, 1.165) is 11.3 Å². The minimum Gasteiger partial charge on any atom is -0.497 e. The number of alkyl halides is 1. The summed E-state index contributed by atoms with van der Waals surface area (Å²) in [5, 5.41) is 0.0448. The van der Waals surface area contributed by atoms with Crippen LogP contribution >= 0.6 is 15.9 Å². The van der Waals surface area contributed by atoms with Crippen LogP contribution < -0.4 is 4.74 Å². The Morgan fingerprint density at radius 1 is 1.19 bits per heavy atom. The molecule has 7 heteroatoms. The second-order valence-electron chi connectivity index (χ2n) is 6.16. The highest BCUT2D eigenvalue weighted by Crippen LogP contribution is 2.29. The van der Waals surface area contributed by atoms with Crippen LogP contribution in [0.3, 0.4) is 0 Å². The van der Waals surface area contributed by atoms with E-state index in [1.54, 1.807) is 18.9 Å². The van der Waals surface area contributed by atoms with Crippen molar-refractivity contribution in [1.82, 2.24) is 4.90 Å². The van der Waals surface area contributed by atoms with Crippen molar-refractivity contribution in [3.8, 4) is 5.75 Å². The fourth-order valence-electron chi connectivity index (χ4n) is 3.15. The third kappa shape index (κ3) is 4.77. The average Bonchev–Trinajstić information content (AvgIpc) is 2.69. The number of halogens is 1. The van der Waals surface area contributed by atoms with Crippen LogP contribution in [-0.2, 0) is 25.7 Å². The van der Waals surface area contributed by atoms with Gasteiger partial charge in [-0.15, -0.1) is 0 Å². The van der Waals surface area contributed by atoms with E-state index in [4.69, 9.17) is 9.47 Å². The number of carbonyl (C=O) groups is 3. The van der Waals surface area contributed by atoms with Crippen molar-refractivity contribution in [2.75, 3.05) is 19.0 Å². The zero-order chi connectivity index (χ0) is 20.0. The second kappa shape index (κ2) is 9.69. The van der Waals surface area contributed by atoms with E-state index in [1.807, 2.05) is 31.2 Å². The fourth-order valence-corrected chi connectivity index (χ4v) is 3.50. The number of nitrogens with zero attached hydrogens (tertiary/aromatic N) is 1. The Balaban J connectivity index is 2.40. The number of amides is 1. The van der Waals surface area contributed by atoms with Gasteiger partial charge in [-0.2, -0.15) is 0 Å². The minimum atomic E-state index is -0.982. The molecule has 2 unspecified atom stereocenters. The number of Topliss-reactive ketones (excluding diaryl/α,β-unsaturated/α-hetero) is 1. The van der Waals surface area contributed by atoms with Crippen LogP contribution in [0.1, 0.15) is 25.8 Å². The molecule has 0 N–H and O–H groups in total. The van der Waals surface area contributed by atoms with Crippen LogP contribution in [0.4, 0.5) is 0 Å². The van der Waals surface area contributed by atoms with E-state index in [0.29, 0.717) is 18.5 Å². The Kier molecular flexibility index (Phi) is 7.59. The van der Waals surface area contributed by atoms with Crippen molar-refractivity contribution >= 4 is 33.6 Å². The summed E-state index contributed by atoms with van der Waals surface area (Å²) in [6.45, 7) is 4.16. The van der Waals surface area contributed by atoms with Crippen molar-refractivity contribution < 1.29 is 23.9 Å². The zero-order valence-corrected chi connectivity index (χ0v) is 17.3. The average molecular weight is 438 g/mol. The molecule has 27 heavy (non-hydrogen) atoms. The minimum absolute atomic E-state index is 0.0448. The van der Waals surface area contributed by atoms with Gasteiger partial charge in [-0.25, -0.2) is 4.79 Å². The Labute approximate surface area is 167 Å². The standard InChI is InChI=1S/C20H24BrNO5/c1-4-17-15(20(25)27-5-2)10-16(18(23)11-21)19(24)22(17)12-13-6-8-14(26-3)9-7-13/h6-10,16-17H,4-5,11-12H2,1-3H3. The zero-order valence-electron chi connectivity index (χ0n) is 15.7. The van der Waals surface area contributed by atoms with Crippen LogP contribution in [0.5, 0.6) is 5.75 Å². The summed E-state index contributed by atoms with van der Waals surface area (Å²) in [6.07, 6.45) is 2.02. The van der Waals surface area contributed by atoms with Crippen LogP contribution in [-0.4, -0.2) is 47.6 Å². The molecule has 1 aliphatic heterocycles. The summed E-state index contributed by atoms with van der Waals surface area (Å²) in [4.78, 5) is 39.3. The lowest BCUT2D eigenvalue weighted by molar-refractivity contribution is -0.144. The van der Waals surface area contributed by atoms with Gasteiger partial charge in [-0.3, -0.25) is 9.59 Å². The van der Waals surface area contributed by atoms with Gasteiger partial charge in [0.05, 0.1) is 30.7 Å². The first-order chi connectivity index (χ1) is 13.0. The molecule has 0 spiro atoms. The molecule has 1 aromatic carbocycles. The van der Waals surface area contributed by atoms with Gasteiger partial charge < -0.3 is 14.4 Å². The van der Waals surface area contributed by atoms with E-state index in [1.165, 1.54) is 6.08 Å². The summed E-state index contributed by atoms with van der Waals surface area (Å²) in [7, 11) is 1.59. The van der Waals surface area contributed by atoms with E-state index in [-0.39, 0.29) is 23.6 Å². The molecule has 1 aromatic rings. The van der Waals surface area contributed by atoms with Gasteiger partial charge in [-0.1, -0.05) is 41.1 Å². The molecule has 1 amide bonds. The highest BCUT2D eigenvalue weighted by molar-refractivity contribution is 9.09. The molecule has 0 saturated carbocycles. The molecular weight excluding hydrogens is 414 g/mol. The van der Waals surface area contributed by atoms with Crippen molar-refractivity contribution in [3.63, 3.8) is 0 Å². The molecule has 6 nitrogen and oxygen atoms in total. The number of benzene rings is 1. The number of methoxy groups -OCH3 is 1. The van der Waals surface area contributed by atoms with Crippen LogP contribution in [0.25, 0.3) is 0 Å². The molecular formula is C20H24BrNO5. The van der Waals surface area contributed by atoms with E-state index >= 15 is 0 Å². The molecule has 0 fully saturated rings. The number of rotatable bonds is 8. The predicted octanol–water partition coefficient (Wildman–Crippen LogP) is 2.89. The van der Waals surface area contributed by atoms with Crippen LogP contribution in [0, 0.1) is 5.92 Å². The SMILES string of the molecule is CCOC(=O)C1=CC(C(=O)CBr)C(=O)N(Cc2ccc(OC)cc2)C1CC. The molecule has 0 aromatic heterocycles. The molecule has 0 bridgehead atoms. The molecule has 1 heterocycles. The highest BCUT2D eigenvalue weighted by Gasteiger charge is 2.40. The normalized spacial score (nSPS) is 19.5.